The van der Waals surface area contributed by atoms with Crippen molar-refractivity contribution >= 4 is 11.6 Å². The highest BCUT2D eigenvalue weighted by molar-refractivity contribution is 5.91. The molecule has 0 unspecified atom stereocenters. The molecule has 2 aromatic rings. The number of rotatable bonds is 8. The molecule has 1 amide bonds. The molecule has 0 heterocycles. The number of benzene rings is 2. The van der Waals surface area contributed by atoms with E-state index < -0.39 is 0 Å². The van der Waals surface area contributed by atoms with Crippen LogP contribution < -0.4 is 20.5 Å². The van der Waals surface area contributed by atoms with Crippen LogP contribution in [-0.2, 0) is 4.79 Å². The summed E-state index contributed by atoms with van der Waals surface area (Å²) in [5, 5.41) is 2.78. The molecule has 5 heteroatoms. The SMILES string of the molecule is CC(C)c1ccc(OCC(=O)Nc2ccc(OCCN)cc2)cc1. The van der Waals surface area contributed by atoms with Crippen molar-refractivity contribution in [2.45, 2.75) is 19.8 Å². The fraction of sp³-hybridized carbons (Fsp3) is 0.316. The second-order valence-electron chi connectivity index (χ2n) is 5.72. The molecule has 24 heavy (non-hydrogen) atoms. The molecule has 0 fully saturated rings. The summed E-state index contributed by atoms with van der Waals surface area (Å²) in [6, 6.07) is 14.9. The van der Waals surface area contributed by atoms with Gasteiger partial charge in [-0.2, -0.15) is 0 Å². The third-order valence-corrected chi connectivity index (χ3v) is 3.44. The largest absolute Gasteiger partial charge is 0.492 e. The van der Waals surface area contributed by atoms with Gasteiger partial charge in [0.05, 0.1) is 0 Å². The van der Waals surface area contributed by atoms with Crippen LogP contribution in [0.2, 0.25) is 0 Å². The van der Waals surface area contributed by atoms with Crippen LogP contribution in [0.25, 0.3) is 0 Å². The van der Waals surface area contributed by atoms with Crippen LogP contribution in [0.4, 0.5) is 5.69 Å². The first-order chi connectivity index (χ1) is 11.6. The van der Waals surface area contributed by atoms with Gasteiger partial charge in [-0.1, -0.05) is 26.0 Å². The lowest BCUT2D eigenvalue weighted by molar-refractivity contribution is -0.118. The molecule has 3 N–H and O–H groups in total. The van der Waals surface area contributed by atoms with Crippen molar-refractivity contribution in [1.29, 1.82) is 0 Å². The maximum Gasteiger partial charge on any atom is 0.262 e. The lowest BCUT2D eigenvalue weighted by Crippen LogP contribution is -2.20. The summed E-state index contributed by atoms with van der Waals surface area (Å²) < 4.78 is 10.9. The number of anilines is 1. The summed E-state index contributed by atoms with van der Waals surface area (Å²) in [6.07, 6.45) is 0. The number of carbonyl (C=O) groups is 1. The van der Waals surface area contributed by atoms with Crippen LogP contribution in [0.5, 0.6) is 11.5 Å². The van der Waals surface area contributed by atoms with Crippen LogP contribution >= 0.6 is 0 Å². The first-order valence-electron chi connectivity index (χ1n) is 8.04. The molecule has 0 aliphatic heterocycles. The maximum absolute atomic E-state index is 11.9. The first kappa shape index (κ1) is 17.8. The zero-order valence-electron chi connectivity index (χ0n) is 14.1. The van der Waals surface area contributed by atoms with E-state index in [2.05, 4.69) is 19.2 Å². The van der Waals surface area contributed by atoms with E-state index in [1.54, 1.807) is 24.3 Å². The Kier molecular flexibility index (Phi) is 6.63. The minimum Gasteiger partial charge on any atom is -0.492 e. The Hall–Kier alpha value is -2.53. The van der Waals surface area contributed by atoms with E-state index in [9.17, 15) is 4.79 Å². The number of nitrogens with one attached hydrogen (secondary N) is 1. The van der Waals surface area contributed by atoms with E-state index in [4.69, 9.17) is 15.2 Å². The lowest BCUT2D eigenvalue weighted by atomic mass is 10.0. The number of nitrogens with two attached hydrogens (primary N) is 1. The number of ether oxygens (including phenoxy) is 2. The van der Waals surface area contributed by atoms with Gasteiger partial charge >= 0.3 is 0 Å². The lowest BCUT2D eigenvalue weighted by Gasteiger charge is -2.10. The van der Waals surface area contributed by atoms with Gasteiger partial charge < -0.3 is 20.5 Å². The van der Waals surface area contributed by atoms with Gasteiger partial charge in [0, 0.05) is 12.2 Å². The summed E-state index contributed by atoms with van der Waals surface area (Å²) in [4.78, 5) is 11.9. The molecule has 128 valence electrons. The van der Waals surface area contributed by atoms with Gasteiger partial charge in [-0.25, -0.2) is 0 Å². The van der Waals surface area contributed by atoms with E-state index >= 15 is 0 Å². The molecule has 2 aromatic carbocycles. The van der Waals surface area contributed by atoms with Crippen molar-refractivity contribution in [2.24, 2.45) is 5.73 Å². The second kappa shape index (κ2) is 8.93. The van der Waals surface area contributed by atoms with Crippen molar-refractivity contribution in [3.63, 3.8) is 0 Å². The maximum atomic E-state index is 11.9. The van der Waals surface area contributed by atoms with Gasteiger partial charge in [-0.15, -0.1) is 0 Å². The Balaban J connectivity index is 1.80. The zero-order chi connectivity index (χ0) is 17.4. The van der Waals surface area contributed by atoms with Gasteiger partial charge in [0.1, 0.15) is 18.1 Å². The van der Waals surface area contributed by atoms with Gasteiger partial charge in [0.2, 0.25) is 0 Å². The van der Waals surface area contributed by atoms with E-state index in [1.165, 1.54) is 5.56 Å². The average molecular weight is 328 g/mol. The topological polar surface area (TPSA) is 73.6 Å². The van der Waals surface area contributed by atoms with Crippen LogP contribution in [0, 0.1) is 0 Å². The van der Waals surface area contributed by atoms with Crippen LogP contribution in [0.15, 0.2) is 48.5 Å². The fourth-order valence-electron chi connectivity index (χ4n) is 2.11. The Morgan fingerprint density at radius 3 is 2.17 bits per heavy atom. The van der Waals surface area contributed by atoms with E-state index in [-0.39, 0.29) is 12.5 Å². The fourth-order valence-corrected chi connectivity index (χ4v) is 2.11. The molecule has 0 aliphatic rings. The van der Waals surface area contributed by atoms with E-state index in [0.717, 1.165) is 5.75 Å². The first-order valence-corrected chi connectivity index (χ1v) is 8.04. The number of amides is 1. The highest BCUT2D eigenvalue weighted by atomic mass is 16.5. The predicted molar refractivity (Wildman–Crippen MR) is 95.6 cm³/mol. The van der Waals surface area contributed by atoms with Gasteiger partial charge in [-0.05, 0) is 47.9 Å². The molecular weight excluding hydrogens is 304 g/mol. The van der Waals surface area contributed by atoms with Crippen molar-refractivity contribution in [1.82, 2.24) is 0 Å². The Morgan fingerprint density at radius 2 is 1.58 bits per heavy atom. The average Bonchev–Trinajstić information content (AvgIpc) is 2.59. The van der Waals surface area contributed by atoms with Gasteiger partial charge in [0.15, 0.2) is 6.61 Å². The molecule has 5 nitrogen and oxygen atoms in total. The summed E-state index contributed by atoms with van der Waals surface area (Å²) in [6.45, 7) is 5.17. The molecule has 0 saturated carbocycles. The third kappa shape index (κ3) is 5.59. The molecule has 0 saturated heterocycles. The molecule has 0 atom stereocenters. The molecule has 0 aliphatic carbocycles. The number of hydrogen-bond acceptors (Lipinski definition) is 4. The van der Waals surface area contributed by atoms with Crippen LogP contribution in [0.1, 0.15) is 25.3 Å². The Bertz CT molecular complexity index is 637. The minimum atomic E-state index is -0.210. The number of hydrogen-bond donors (Lipinski definition) is 2. The van der Waals surface area contributed by atoms with Crippen LogP contribution in [-0.4, -0.2) is 25.7 Å². The Labute approximate surface area is 142 Å². The van der Waals surface area contributed by atoms with Crippen molar-refractivity contribution in [3.05, 3.63) is 54.1 Å². The summed E-state index contributed by atoms with van der Waals surface area (Å²) in [5.74, 6) is 1.66. The molecule has 0 bridgehead atoms. The highest BCUT2D eigenvalue weighted by Gasteiger charge is 2.05. The normalized spacial score (nSPS) is 10.5. The molecule has 0 spiro atoms. The monoisotopic (exact) mass is 328 g/mol. The summed E-state index contributed by atoms with van der Waals surface area (Å²) >= 11 is 0. The summed E-state index contributed by atoms with van der Waals surface area (Å²) in [5.41, 5.74) is 7.31. The Morgan fingerprint density at radius 1 is 1.00 bits per heavy atom. The molecular formula is C19H24N2O3. The molecule has 0 aromatic heterocycles. The second-order valence-corrected chi connectivity index (χ2v) is 5.72. The smallest absolute Gasteiger partial charge is 0.262 e. The number of carbonyl (C=O) groups excluding carboxylic acids is 1. The van der Waals surface area contributed by atoms with Crippen molar-refractivity contribution in [3.8, 4) is 11.5 Å². The van der Waals surface area contributed by atoms with Gasteiger partial charge in [-0.3, -0.25) is 4.79 Å². The van der Waals surface area contributed by atoms with Crippen molar-refractivity contribution < 1.29 is 14.3 Å². The highest BCUT2D eigenvalue weighted by Crippen LogP contribution is 2.19. The third-order valence-electron chi connectivity index (χ3n) is 3.44. The van der Waals surface area contributed by atoms with E-state index in [1.807, 2.05) is 24.3 Å². The molecule has 2 rings (SSSR count). The summed E-state index contributed by atoms with van der Waals surface area (Å²) in [7, 11) is 0. The van der Waals surface area contributed by atoms with Crippen molar-refractivity contribution in [2.75, 3.05) is 25.1 Å². The van der Waals surface area contributed by atoms with Gasteiger partial charge in [0.25, 0.3) is 5.91 Å². The standard InChI is InChI=1S/C19H24N2O3/c1-14(2)15-3-7-18(8-4-15)24-13-19(22)21-16-5-9-17(10-6-16)23-12-11-20/h3-10,14H,11-13,20H2,1-2H3,(H,21,22). The molecule has 0 radical (unpaired) electrons. The zero-order valence-corrected chi connectivity index (χ0v) is 14.1. The predicted octanol–water partition coefficient (Wildman–Crippen LogP) is 3.17. The minimum absolute atomic E-state index is 0.0353. The van der Waals surface area contributed by atoms with E-state index in [0.29, 0.717) is 30.5 Å². The van der Waals surface area contributed by atoms with Crippen LogP contribution in [0.3, 0.4) is 0 Å². The quantitative estimate of drug-likeness (QED) is 0.780.